The van der Waals surface area contributed by atoms with Crippen LogP contribution in [0.5, 0.6) is 0 Å². The topological polar surface area (TPSA) is 82.0 Å². The fraction of sp³-hybridized carbons (Fsp3) is 0.667. The van der Waals surface area contributed by atoms with Crippen molar-refractivity contribution in [3.05, 3.63) is 47.5 Å². The van der Waals surface area contributed by atoms with Crippen LogP contribution in [0, 0.1) is 5.92 Å². The third-order valence-corrected chi connectivity index (χ3v) is 5.85. The molecule has 0 bridgehead atoms. The number of carbonyl (C=O) groups is 1. The van der Waals surface area contributed by atoms with E-state index >= 15 is 0 Å². The zero-order valence-corrected chi connectivity index (χ0v) is 18.4. The molecule has 2 saturated heterocycles. The van der Waals surface area contributed by atoms with Gasteiger partial charge < -0.3 is 25.2 Å². The molecule has 6 heteroatoms. The summed E-state index contributed by atoms with van der Waals surface area (Å²) in [6.45, 7) is 6.74. The molecule has 3 unspecified atom stereocenters. The van der Waals surface area contributed by atoms with Gasteiger partial charge in [-0.3, -0.25) is 0 Å². The molecule has 2 aliphatic rings. The first-order chi connectivity index (χ1) is 14.5. The number of piperidine rings is 2. The smallest absolute Gasteiger partial charge is 0.410 e. The molecule has 33 heavy (non-hydrogen) atoms. The quantitative estimate of drug-likeness (QED) is 0.507. The first kappa shape index (κ1) is 33.3. The van der Waals surface area contributed by atoms with Crippen LogP contribution in [0.4, 0.5) is 4.79 Å². The molecule has 0 aromatic heterocycles. The number of hydrogen-bond acceptors (Lipinski definition) is 5. The number of amides is 1. The second-order valence-electron chi connectivity index (χ2n) is 8.34. The zero-order valence-electron chi connectivity index (χ0n) is 18.4. The van der Waals surface area contributed by atoms with Crippen LogP contribution in [0.25, 0.3) is 0 Å². The first-order valence-electron chi connectivity index (χ1n) is 11.1. The van der Waals surface area contributed by atoms with Gasteiger partial charge in [-0.15, -0.1) is 0 Å². The van der Waals surface area contributed by atoms with E-state index in [0.29, 0.717) is 25.8 Å². The predicted octanol–water partition coefficient (Wildman–Crippen LogP) is 5.39. The normalized spacial score (nSPS) is 23.1. The highest BCUT2D eigenvalue weighted by Gasteiger charge is 2.26. The molecule has 3 atom stereocenters. The monoisotopic (exact) mass is 466 g/mol. The van der Waals surface area contributed by atoms with E-state index < -0.39 is 0 Å². The van der Waals surface area contributed by atoms with Gasteiger partial charge in [-0.05, 0) is 64.0 Å². The standard InChI is InChI=1S/C16H21NO3.C8H17NO.3CH4/c1-13-11-14(8-10-18)7-9-17(13)16(19)20-12-15-5-3-2-4-6-15;1-7-6-8(3-5-10)2-4-9-7;;;/h2-6,8,13,18H,7,9-12H2,1H3;7-10H,2-6H2,1H3;3*1H4/b14-8-;;;;. The second kappa shape index (κ2) is 18.5. The highest BCUT2D eigenvalue weighted by Crippen LogP contribution is 2.23. The molecule has 3 rings (SSSR count). The van der Waals surface area contributed by atoms with Crippen molar-refractivity contribution in [1.82, 2.24) is 10.2 Å². The Hall–Kier alpha value is -1.89. The van der Waals surface area contributed by atoms with Gasteiger partial charge in [0.15, 0.2) is 0 Å². The van der Waals surface area contributed by atoms with E-state index in [0.717, 1.165) is 37.3 Å². The minimum Gasteiger partial charge on any atom is -0.445 e. The summed E-state index contributed by atoms with van der Waals surface area (Å²) in [6.07, 6.45) is 6.66. The van der Waals surface area contributed by atoms with Crippen molar-refractivity contribution in [3.63, 3.8) is 0 Å². The van der Waals surface area contributed by atoms with Crippen LogP contribution in [0.1, 0.15) is 73.8 Å². The van der Waals surface area contributed by atoms with Crippen molar-refractivity contribution >= 4 is 6.09 Å². The lowest BCUT2D eigenvalue weighted by Crippen LogP contribution is -2.43. The minimum absolute atomic E-state index is 0. The lowest BCUT2D eigenvalue weighted by molar-refractivity contribution is 0.0783. The average molecular weight is 467 g/mol. The van der Waals surface area contributed by atoms with E-state index in [2.05, 4.69) is 12.2 Å². The number of aliphatic hydroxyl groups is 2. The summed E-state index contributed by atoms with van der Waals surface area (Å²) in [5, 5.41) is 21.0. The molecule has 2 heterocycles. The van der Waals surface area contributed by atoms with E-state index in [1.165, 1.54) is 18.4 Å². The van der Waals surface area contributed by atoms with Crippen LogP contribution >= 0.6 is 0 Å². The third kappa shape index (κ3) is 12.2. The molecule has 0 saturated carbocycles. The fourth-order valence-corrected chi connectivity index (χ4v) is 4.14. The molecule has 0 radical (unpaired) electrons. The van der Waals surface area contributed by atoms with Gasteiger partial charge in [-0.2, -0.15) is 0 Å². The predicted molar refractivity (Wildman–Crippen MR) is 139 cm³/mol. The average Bonchev–Trinajstić information content (AvgIpc) is 2.74. The largest absolute Gasteiger partial charge is 0.445 e. The van der Waals surface area contributed by atoms with Crippen LogP contribution in [0.15, 0.2) is 42.0 Å². The van der Waals surface area contributed by atoms with Crippen molar-refractivity contribution in [2.45, 2.75) is 86.9 Å². The van der Waals surface area contributed by atoms with Gasteiger partial charge >= 0.3 is 6.09 Å². The third-order valence-electron chi connectivity index (χ3n) is 5.85. The van der Waals surface area contributed by atoms with E-state index in [1.807, 2.05) is 43.3 Å². The Morgan fingerprint density at radius 3 is 2.45 bits per heavy atom. The van der Waals surface area contributed by atoms with Gasteiger partial charge in [0.25, 0.3) is 0 Å². The lowest BCUT2D eigenvalue weighted by atomic mass is 9.91. The molecule has 192 valence electrons. The lowest BCUT2D eigenvalue weighted by Gasteiger charge is -2.34. The Morgan fingerprint density at radius 1 is 1.18 bits per heavy atom. The number of nitrogens with one attached hydrogen (secondary N) is 1. The summed E-state index contributed by atoms with van der Waals surface area (Å²) < 4.78 is 5.35. The van der Waals surface area contributed by atoms with Gasteiger partial charge in [-0.25, -0.2) is 4.79 Å². The summed E-state index contributed by atoms with van der Waals surface area (Å²) >= 11 is 0. The molecule has 2 fully saturated rings. The van der Waals surface area contributed by atoms with Gasteiger partial charge in [-0.1, -0.05) is 64.3 Å². The number of aliphatic hydroxyl groups excluding tert-OH is 2. The number of rotatable bonds is 5. The molecule has 0 spiro atoms. The Morgan fingerprint density at radius 2 is 1.88 bits per heavy atom. The van der Waals surface area contributed by atoms with Crippen molar-refractivity contribution in [1.29, 1.82) is 0 Å². The van der Waals surface area contributed by atoms with Crippen molar-refractivity contribution in [2.24, 2.45) is 5.92 Å². The minimum atomic E-state index is -0.260. The highest BCUT2D eigenvalue weighted by molar-refractivity contribution is 5.68. The first-order valence-corrected chi connectivity index (χ1v) is 11.1. The summed E-state index contributed by atoms with van der Waals surface area (Å²) in [5.41, 5.74) is 2.21. The number of carbonyl (C=O) groups excluding carboxylic acids is 1. The zero-order chi connectivity index (χ0) is 21.8. The van der Waals surface area contributed by atoms with E-state index in [-0.39, 0.29) is 41.0 Å². The Bertz CT molecular complexity index is 649. The Kier molecular flexibility index (Phi) is 18.7. The van der Waals surface area contributed by atoms with Crippen molar-refractivity contribution in [3.8, 4) is 0 Å². The number of benzene rings is 1. The summed E-state index contributed by atoms with van der Waals surface area (Å²) in [7, 11) is 0. The van der Waals surface area contributed by atoms with E-state index in [1.54, 1.807) is 4.90 Å². The molecule has 1 amide bonds. The second-order valence-corrected chi connectivity index (χ2v) is 8.34. The molecule has 3 N–H and O–H groups in total. The van der Waals surface area contributed by atoms with Gasteiger partial charge in [0.1, 0.15) is 6.61 Å². The SMILES string of the molecule is C.C.C.CC1C/C(=C\CO)CCN1C(=O)OCc1ccccc1.CC1CC(CCO)CCN1. The van der Waals surface area contributed by atoms with E-state index in [4.69, 9.17) is 14.9 Å². The van der Waals surface area contributed by atoms with Crippen LogP contribution in [0.3, 0.4) is 0 Å². The molecule has 1 aromatic carbocycles. The molecular weight excluding hydrogens is 416 g/mol. The number of likely N-dealkylation sites (tertiary alicyclic amines) is 1. The van der Waals surface area contributed by atoms with Crippen molar-refractivity contribution in [2.75, 3.05) is 26.3 Å². The maximum Gasteiger partial charge on any atom is 0.410 e. The Labute approximate surface area is 203 Å². The summed E-state index contributed by atoms with van der Waals surface area (Å²) in [6, 6.07) is 10.4. The van der Waals surface area contributed by atoms with Crippen molar-refractivity contribution < 1.29 is 19.7 Å². The number of ether oxygens (including phenoxy) is 1. The van der Waals surface area contributed by atoms with Gasteiger partial charge in [0.2, 0.25) is 0 Å². The number of hydrogen-bond donors (Lipinski definition) is 3. The number of nitrogens with zero attached hydrogens (tertiary/aromatic N) is 1. The van der Waals surface area contributed by atoms with Crippen LogP contribution in [-0.4, -0.2) is 59.6 Å². The maximum atomic E-state index is 12.1. The summed E-state index contributed by atoms with van der Waals surface area (Å²) in [5.74, 6) is 0.765. The van der Waals surface area contributed by atoms with Gasteiger partial charge in [0, 0.05) is 25.2 Å². The van der Waals surface area contributed by atoms with Gasteiger partial charge in [0.05, 0.1) is 6.61 Å². The highest BCUT2D eigenvalue weighted by atomic mass is 16.6. The van der Waals surface area contributed by atoms with Crippen LogP contribution in [-0.2, 0) is 11.3 Å². The molecule has 1 aromatic rings. The molecule has 6 nitrogen and oxygen atoms in total. The summed E-state index contributed by atoms with van der Waals surface area (Å²) in [4.78, 5) is 13.8. The molecule has 0 aliphatic carbocycles. The van der Waals surface area contributed by atoms with E-state index in [9.17, 15) is 4.79 Å². The van der Waals surface area contributed by atoms with Crippen LogP contribution in [0.2, 0.25) is 0 Å². The van der Waals surface area contributed by atoms with Crippen LogP contribution < -0.4 is 5.32 Å². The Balaban J connectivity index is 0. The molecular formula is C27H50N2O4. The maximum absolute atomic E-state index is 12.1. The fourth-order valence-electron chi connectivity index (χ4n) is 4.14. The molecule has 2 aliphatic heterocycles.